The highest BCUT2D eigenvalue weighted by Gasteiger charge is 2.23. The van der Waals surface area contributed by atoms with Gasteiger partial charge in [-0.1, -0.05) is 6.07 Å². The van der Waals surface area contributed by atoms with Crippen molar-refractivity contribution in [3.8, 4) is 0 Å². The summed E-state index contributed by atoms with van der Waals surface area (Å²) >= 11 is 0. The van der Waals surface area contributed by atoms with E-state index in [1.807, 2.05) is 25.5 Å². The van der Waals surface area contributed by atoms with Gasteiger partial charge in [0.1, 0.15) is 0 Å². The maximum Gasteiger partial charge on any atom is 0.0731 e. The van der Waals surface area contributed by atoms with E-state index in [9.17, 15) is 0 Å². The lowest BCUT2D eigenvalue weighted by Crippen LogP contribution is -2.42. The summed E-state index contributed by atoms with van der Waals surface area (Å²) in [6, 6.07) is 4.52. The predicted octanol–water partition coefficient (Wildman–Crippen LogP) is 1.78. The van der Waals surface area contributed by atoms with E-state index >= 15 is 0 Å². The van der Waals surface area contributed by atoms with Crippen LogP contribution in [0.4, 0.5) is 0 Å². The summed E-state index contributed by atoms with van der Waals surface area (Å²) in [6.07, 6.45) is 8.78. The van der Waals surface area contributed by atoms with Gasteiger partial charge in [-0.15, -0.1) is 0 Å². The molecule has 0 aliphatic carbocycles. The third-order valence-electron chi connectivity index (χ3n) is 3.21. The van der Waals surface area contributed by atoms with Crippen LogP contribution in [0.15, 0.2) is 24.5 Å². The molecule has 0 amide bonds. The van der Waals surface area contributed by atoms with Gasteiger partial charge in [-0.05, 0) is 44.4 Å². The fourth-order valence-electron chi connectivity index (χ4n) is 2.28. The molecule has 0 spiro atoms. The molecule has 1 aliphatic rings. The van der Waals surface area contributed by atoms with Crippen molar-refractivity contribution in [2.45, 2.75) is 37.8 Å². The highest BCUT2D eigenvalue weighted by Crippen LogP contribution is 2.18. The lowest BCUT2D eigenvalue weighted by atomic mass is 9.97. The third kappa shape index (κ3) is 3.03. The molecule has 1 aromatic rings. The van der Waals surface area contributed by atoms with Crippen LogP contribution < -0.4 is 5.32 Å². The molecule has 1 aliphatic heterocycles. The number of pyridine rings is 1. The van der Waals surface area contributed by atoms with Crippen molar-refractivity contribution in [3.05, 3.63) is 30.1 Å². The predicted molar refractivity (Wildman–Crippen MR) is 64.4 cm³/mol. The minimum absolute atomic E-state index is 0.360. The van der Waals surface area contributed by atoms with Gasteiger partial charge in [-0.2, -0.15) is 0 Å². The Morgan fingerprint density at radius 3 is 3.12 bits per heavy atom. The van der Waals surface area contributed by atoms with Crippen LogP contribution in [0.25, 0.3) is 0 Å². The zero-order chi connectivity index (χ0) is 11.2. The second kappa shape index (κ2) is 5.97. The summed E-state index contributed by atoms with van der Waals surface area (Å²) in [6.45, 7) is 0.913. The molecule has 0 radical (unpaired) electrons. The smallest absolute Gasteiger partial charge is 0.0731 e. The van der Waals surface area contributed by atoms with Crippen LogP contribution >= 0.6 is 0 Å². The molecular weight excluding hydrogens is 200 g/mol. The van der Waals surface area contributed by atoms with Gasteiger partial charge in [0.15, 0.2) is 0 Å². The van der Waals surface area contributed by atoms with Gasteiger partial charge in [0.05, 0.1) is 6.10 Å². The molecule has 3 nitrogen and oxygen atoms in total. The zero-order valence-corrected chi connectivity index (χ0v) is 9.86. The van der Waals surface area contributed by atoms with Crippen LogP contribution in [0.5, 0.6) is 0 Å². The number of likely N-dealkylation sites (N-methyl/N-ethyl adjacent to an activating group) is 1. The van der Waals surface area contributed by atoms with Crippen molar-refractivity contribution < 1.29 is 4.74 Å². The molecule has 2 heterocycles. The Hall–Kier alpha value is -0.930. The third-order valence-corrected chi connectivity index (χ3v) is 3.21. The van der Waals surface area contributed by atoms with Gasteiger partial charge in [0.25, 0.3) is 0 Å². The van der Waals surface area contributed by atoms with Gasteiger partial charge in [-0.25, -0.2) is 0 Å². The standard InChI is InChI=1S/C13H20N2O/c1-14-12(13-6-2-3-8-16-13)9-11-5-4-7-15-10-11/h4-5,7,10,12-14H,2-3,6,8-9H2,1H3. The van der Waals surface area contributed by atoms with Crippen molar-refractivity contribution >= 4 is 0 Å². The van der Waals surface area contributed by atoms with E-state index in [-0.39, 0.29) is 0 Å². The molecule has 0 aromatic carbocycles. The largest absolute Gasteiger partial charge is 0.377 e. The van der Waals surface area contributed by atoms with Gasteiger partial charge < -0.3 is 10.1 Å². The molecule has 0 bridgehead atoms. The topological polar surface area (TPSA) is 34.2 Å². The fourth-order valence-corrected chi connectivity index (χ4v) is 2.28. The number of rotatable bonds is 4. The molecule has 0 saturated carbocycles. The number of aromatic nitrogens is 1. The second-order valence-electron chi connectivity index (χ2n) is 4.37. The van der Waals surface area contributed by atoms with Gasteiger partial charge in [0.2, 0.25) is 0 Å². The normalized spacial score (nSPS) is 22.9. The van der Waals surface area contributed by atoms with Crippen LogP contribution in [-0.4, -0.2) is 30.8 Å². The Labute approximate surface area is 97.2 Å². The maximum absolute atomic E-state index is 5.82. The van der Waals surface area contributed by atoms with Crippen LogP contribution in [-0.2, 0) is 11.2 Å². The summed E-state index contributed by atoms with van der Waals surface area (Å²) in [4.78, 5) is 4.15. The van der Waals surface area contributed by atoms with E-state index < -0.39 is 0 Å². The number of hydrogen-bond donors (Lipinski definition) is 1. The van der Waals surface area contributed by atoms with E-state index in [0.717, 1.165) is 13.0 Å². The SMILES string of the molecule is CNC(Cc1cccnc1)C1CCCCO1. The van der Waals surface area contributed by atoms with Crippen molar-refractivity contribution in [1.82, 2.24) is 10.3 Å². The van der Waals surface area contributed by atoms with Crippen molar-refractivity contribution in [1.29, 1.82) is 0 Å². The summed E-state index contributed by atoms with van der Waals surface area (Å²) in [7, 11) is 2.01. The molecule has 2 unspecified atom stereocenters. The first-order chi connectivity index (χ1) is 7.90. The molecule has 3 heteroatoms. The molecule has 1 N–H and O–H groups in total. The summed E-state index contributed by atoms with van der Waals surface area (Å²) in [5.41, 5.74) is 1.27. The average molecular weight is 220 g/mol. The Morgan fingerprint density at radius 1 is 1.56 bits per heavy atom. The van der Waals surface area contributed by atoms with E-state index in [1.165, 1.54) is 24.8 Å². The Balaban J connectivity index is 1.94. The van der Waals surface area contributed by atoms with Crippen LogP contribution in [0, 0.1) is 0 Å². The lowest BCUT2D eigenvalue weighted by Gasteiger charge is -2.30. The Morgan fingerprint density at radius 2 is 2.50 bits per heavy atom. The Bertz CT molecular complexity index is 296. The van der Waals surface area contributed by atoms with Gasteiger partial charge in [-0.3, -0.25) is 4.98 Å². The first kappa shape index (κ1) is 11.6. The molecule has 88 valence electrons. The summed E-state index contributed by atoms with van der Waals surface area (Å²) in [5, 5.41) is 3.37. The van der Waals surface area contributed by atoms with Crippen LogP contribution in [0.2, 0.25) is 0 Å². The average Bonchev–Trinajstić information content (AvgIpc) is 2.38. The second-order valence-corrected chi connectivity index (χ2v) is 4.37. The molecule has 2 atom stereocenters. The fraction of sp³-hybridized carbons (Fsp3) is 0.615. The van der Waals surface area contributed by atoms with Crippen molar-refractivity contribution in [2.24, 2.45) is 0 Å². The van der Waals surface area contributed by atoms with Gasteiger partial charge in [0, 0.05) is 25.0 Å². The maximum atomic E-state index is 5.82. The molecule has 16 heavy (non-hydrogen) atoms. The minimum atomic E-state index is 0.360. The monoisotopic (exact) mass is 220 g/mol. The Kier molecular flexibility index (Phi) is 4.31. The molecular formula is C13H20N2O. The van der Waals surface area contributed by atoms with E-state index in [4.69, 9.17) is 4.74 Å². The van der Waals surface area contributed by atoms with Crippen molar-refractivity contribution in [3.63, 3.8) is 0 Å². The van der Waals surface area contributed by atoms with Crippen LogP contribution in [0.3, 0.4) is 0 Å². The molecule has 2 rings (SSSR count). The minimum Gasteiger partial charge on any atom is -0.377 e. The summed E-state index contributed by atoms with van der Waals surface area (Å²) in [5.74, 6) is 0. The van der Waals surface area contributed by atoms with E-state index in [0.29, 0.717) is 12.1 Å². The summed E-state index contributed by atoms with van der Waals surface area (Å²) < 4.78 is 5.82. The molecule has 1 saturated heterocycles. The van der Waals surface area contributed by atoms with E-state index in [2.05, 4.69) is 16.4 Å². The quantitative estimate of drug-likeness (QED) is 0.840. The number of hydrogen-bond acceptors (Lipinski definition) is 3. The van der Waals surface area contributed by atoms with Gasteiger partial charge >= 0.3 is 0 Å². The first-order valence-electron chi connectivity index (χ1n) is 6.08. The molecule has 1 fully saturated rings. The lowest BCUT2D eigenvalue weighted by molar-refractivity contribution is -0.00588. The number of nitrogens with zero attached hydrogens (tertiary/aromatic N) is 1. The number of ether oxygens (including phenoxy) is 1. The highest BCUT2D eigenvalue weighted by atomic mass is 16.5. The highest BCUT2D eigenvalue weighted by molar-refractivity contribution is 5.10. The number of nitrogens with one attached hydrogen (secondary N) is 1. The first-order valence-corrected chi connectivity index (χ1v) is 6.08. The zero-order valence-electron chi connectivity index (χ0n) is 9.86. The van der Waals surface area contributed by atoms with Crippen LogP contribution in [0.1, 0.15) is 24.8 Å². The molecule has 1 aromatic heterocycles. The van der Waals surface area contributed by atoms with Crippen molar-refractivity contribution in [2.75, 3.05) is 13.7 Å². The van der Waals surface area contributed by atoms with E-state index in [1.54, 1.807) is 0 Å².